The Morgan fingerprint density at radius 2 is 2.07 bits per heavy atom. The van der Waals surface area contributed by atoms with E-state index in [1.54, 1.807) is 12.1 Å². The van der Waals surface area contributed by atoms with Crippen LogP contribution in [-0.2, 0) is 6.42 Å². The lowest BCUT2D eigenvalue weighted by Gasteiger charge is -2.03. The van der Waals surface area contributed by atoms with Gasteiger partial charge >= 0.3 is 6.18 Å². The smallest absolute Gasteiger partial charge is 0.293 e. The van der Waals surface area contributed by atoms with Crippen molar-refractivity contribution in [1.82, 2.24) is 0 Å². The quantitative estimate of drug-likeness (QED) is 0.726. The Bertz CT molecular complexity index is 341. The highest BCUT2D eigenvalue weighted by molar-refractivity contribution is 7.14. The normalized spacial score (nSPS) is 11.7. The third kappa shape index (κ3) is 4.03. The van der Waals surface area contributed by atoms with Crippen LogP contribution < -0.4 is 0 Å². The summed E-state index contributed by atoms with van der Waals surface area (Å²) in [5.41, 5.74) is 0. The van der Waals surface area contributed by atoms with Crippen LogP contribution in [-0.4, -0.2) is 12.0 Å². The Kier molecular flexibility index (Phi) is 3.90. The van der Waals surface area contributed by atoms with E-state index in [-0.39, 0.29) is 0 Å². The molecule has 0 aliphatic rings. The van der Waals surface area contributed by atoms with E-state index in [2.05, 4.69) is 0 Å². The molecule has 84 valence electrons. The SMILES string of the molecule is CCc1ccc(C(=O)CCC(F)(F)F)s1. The molecule has 1 aromatic heterocycles. The number of alkyl halides is 3. The predicted molar refractivity (Wildman–Crippen MR) is 53.3 cm³/mol. The Morgan fingerprint density at radius 3 is 2.53 bits per heavy atom. The number of ketones is 1. The number of hydrogen-bond acceptors (Lipinski definition) is 2. The maximum atomic E-state index is 11.9. The lowest BCUT2D eigenvalue weighted by atomic mass is 10.2. The minimum atomic E-state index is -4.25. The van der Waals surface area contributed by atoms with Crippen molar-refractivity contribution < 1.29 is 18.0 Å². The average molecular weight is 236 g/mol. The van der Waals surface area contributed by atoms with Crippen LogP contribution in [0.5, 0.6) is 0 Å². The zero-order valence-electron chi connectivity index (χ0n) is 8.23. The van der Waals surface area contributed by atoms with Crippen LogP contribution in [0.3, 0.4) is 0 Å². The van der Waals surface area contributed by atoms with Crippen LogP contribution in [0.15, 0.2) is 12.1 Å². The number of carbonyl (C=O) groups excluding carboxylic acids is 1. The fourth-order valence-corrected chi connectivity index (χ4v) is 2.01. The molecule has 0 spiro atoms. The monoisotopic (exact) mass is 236 g/mol. The largest absolute Gasteiger partial charge is 0.389 e. The topological polar surface area (TPSA) is 17.1 Å². The Morgan fingerprint density at radius 1 is 1.40 bits per heavy atom. The summed E-state index contributed by atoms with van der Waals surface area (Å²) in [4.78, 5) is 12.8. The molecule has 0 bridgehead atoms. The van der Waals surface area contributed by atoms with Crippen molar-refractivity contribution in [1.29, 1.82) is 0 Å². The fraction of sp³-hybridized carbons (Fsp3) is 0.500. The first kappa shape index (κ1) is 12.2. The minimum Gasteiger partial charge on any atom is -0.293 e. The standard InChI is InChI=1S/C10H11F3OS/c1-2-7-3-4-9(15-7)8(14)5-6-10(11,12)13/h3-4H,2,5-6H2,1H3. The van der Waals surface area contributed by atoms with Gasteiger partial charge in [-0.05, 0) is 18.6 Å². The fourth-order valence-electron chi connectivity index (χ4n) is 1.10. The molecule has 0 aliphatic heterocycles. The summed E-state index contributed by atoms with van der Waals surface area (Å²) in [6.45, 7) is 1.94. The summed E-state index contributed by atoms with van der Waals surface area (Å²) in [6.07, 6.45) is -4.93. The molecule has 1 heterocycles. The van der Waals surface area contributed by atoms with Crippen LogP contribution in [0.2, 0.25) is 0 Å². The Labute approximate surface area is 89.9 Å². The highest BCUT2D eigenvalue weighted by Gasteiger charge is 2.28. The second-order valence-electron chi connectivity index (χ2n) is 3.16. The molecule has 0 amide bonds. The van der Waals surface area contributed by atoms with Gasteiger partial charge in [-0.15, -0.1) is 11.3 Å². The van der Waals surface area contributed by atoms with Crippen molar-refractivity contribution in [2.24, 2.45) is 0 Å². The lowest BCUT2D eigenvalue weighted by molar-refractivity contribution is -0.133. The Balaban J connectivity index is 2.54. The van der Waals surface area contributed by atoms with E-state index in [1.165, 1.54) is 11.3 Å². The van der Waals surface area contributed by atoms with Gasteiger partial charge in [0, 0.05) is 11.3 Å². The summed E-state index contributed by atoms with van der Waals surface area (Å²) in [5, 5.41) is 0. The first-order valence-electron chi connectivity index (χ1n) is 4.61. The van der Waals surface area contributed by atoms with Crippen molar-refractivity contribution in [3.63, 3.8) is 0 Å². The molecule has 15 heavy (non-hydrogen) atoms. The van der Waals surface area contributed by atoms with Gasteiger partial charge in [0.25, 0.3) is 0 Å². The number of thiophene rings is 1. The third-order valence-corrected chi connectivity index (χ3v) is 3.19. The van der Waals surface area contributed by atoms with Gasteiger partial charge in [-0.1, -0.05) is 6.92 Å². The van der Waals surface area contributed by atoms with Crippen LogP contribution in [0.1, 0.15) is 34.3 Å². The summed E-state index contributed by atoms with van der Waals surface area (Å²) >= 11 is 1.27. The summed E-state index contributed by atoms with van der Waals surface area (Å²) < 4.78 is 35.6. The maximum Gasteiger partial charge on any atom is 0.389 e. The average Bonchev–Trinajstić information content (AvgIpc) is 2.61. The van der Waals surface area contributed by atoms with Crippen LogP contribution in [0.25, 0.3) is 0 Å². The van der Waals surface area contributed by atoms with Crippen molar-refractivity contribution >= 4 is 17.1 Å². The highest BCUT2D eigenvalue weighted by Crippen LogP contribution is 2.24. The molecular formula is C10H11F3OS. The van der Waals surface area contributed by atoms with Crippen molar-refractivity contribution in [3.8, 4) is 0 Å². The molecule has 0 fully saturated rings. The number of carbonyl (C=O) groups is 1. The number of halogens is 3. The molecule has 0 aliphatic carbocycles. The number of aryl methyl sites for hydroxylation is 1. The summed E-state index contributed by atoms with van der Waals surface area (Å²) in [5.74, 6) is -0.419. The van der Waals surface area contributed by atoms with E-state index in [0.29, 0.717) is 4.88 Å². The molecule has 5 heteroatoms. The van der Waals surface area contributed by atoms with Gasteiger partial charge in [-0.25, -0.2) is 0 Å². The summed E-state index contributed by atoms with van der Waals surface area (Å²) in [6, 6.07) is 3.38. The molecule has 0 atom stereocenters. The second-order valence-corrected chi connectivity index (χ2v) is 4.33. The summed E-state index contributed by atoms with van der Waals surface area (Å²) in [7, 11) is 0. The lowest BCUT2D eigenvalue weighted by Crippen LogP contribution is -2.10. The van der Waals surface area contributed by atoms with Gasteiger partial charge in [0.2, 0.25) is 0 Å². The zero-order chi connectivity index (χ0) is 11.5. The van der Waals surface area contributed by atoms with E-state index in [9.17, 15) is 18.0 Å². The number of rotatable bonds is 4. The van der Waals surface area contributed by atoms with Crippen molar-refractivity contribution in [2.45, 2.75) is 32.4 Å². The predicted octanol–water partition coefficient (Wildman–Crippen LogP) is 3.84. The number of hydrogen-bond donors (Lipinski definition) is 0. The highest BCUT2D eigenvalue weighted by atomic mass is 32.1. The van der Waals surface area contributed by atoms with Gasteiger partial charge < -0.3 is 0 Å². The van der Waals surface area contributed by atoms with E-state index < -0.39 is 24.8 Å². The minimum absolute atomic E-state index is 0.419. The van der Waals surface area contributed by atoms with Gasteiger partial charge in [0.1, 0.15) is 0 Å². The second kappa shape index (κ2) is 4.79. The molecule has 0 N–H and O–H groups in total. The molecule has 0 aromatic carbocycles. The van der Waals surface area contributed by atoms with Crippen LogP contribution in [0, 0.1) is 0 Å². The molecule has 0 radical (unpaired) electrons. The van der Waals surface area contributed by atoms with Gasteiger partial charge in [0.05, 0.1) is 11.3 Å². The van der Waals surface area contributed by atoms with E-state index in [0.717, 1.165) is 11.3 Å². The van der Waals surface area contributed by atoms with E-state index in [1.807, 2.05) is 6.92 Å². The molecular weight excluding hydrogens is 225 g/mol. The van der Waals surface area contributed by atoms with Gasteiger partial charge in [-0.2, -0.15) is 13.2 Å². The molecule has 1 nitrogen and oxygen atoms in total. The van der Waals surface area contributed by atoms with Gasteiger partial charge in [0.15, 0.2) is 5.78 Å². The number of Topliss-reactive ketones (excluding diaryl/α,β-unsaturated/α-hetero) is 1. The molecule has 0 saturated heterocycles. The first-order chi connectivity index (χ1) is 6.92. The zero-order valence-corrected chi connectivity index (χ0v) is 9.04. The van der Waals surface area contributed by atoms with Gasteiger partial charge in [-0.3, -0.25) is 4.79 Å². The van der Waals surface area contributed by atoms with Crippen molar-refractivity contribution in [3.05, 3.63) is 21.9 Å². The molecule has 1 aromatic rings. The van der Waals surface area contributed by atoms with Crippen LogP contribution in [0.4, 0.5) is 13.2 Å². The van der Waals surface area contributed by atoms with E-state index >= 15 is 0 Å². The van der Waals surface area contributed by atoms with Crippen molar-refractivity contribution in [2.75, 3.05) is 0 Å². The van der Waals surface area contributed by atoms with Crippen LogP contribution >= 0.6 is 11.3 Å². The Hall–Kier alpha value is -0.840. The molecule has 0 saturated carbocycles. The maximum absolute atomic E-state index is 11.9. The molecule has 1 rings (SSSR count). The third-order valence-electron chi connectivity index (χ3n) is 1.92. The first-order valence-corrected chi connectivity index (χ1v) is 5.42. The van der Waals surface area contributed by atoms with E-state index in [4.69, 9.17) is 0 Å². The molecule has 0 unspecified atom stereocenters.